The van der Waals surface area contributed by atoms with Crippen LogP contribution < -0.4 is 48.3 Å². The molecule has 0 saturated carbocycles. The molecule has 5 saturated heterocycles. The number of aliphatic hydroxyl groups excluding tert-OH is 1. The van der Waals surface area contributed by atoms with Gasteiger partial charge in [0.1, 0.15) is 53.5 Å². The second kappa shape index (κ2) is 44.9. The monoisotopic (exact) mass is 1570 g/mol. The van der Waals surface area contributed by atoms with E-state index < -0.39 is 71.8 Å². The quantitative estimate of drug-likeness (QED) is 0.0204. The van der Waals surface area contributed by atoms with Gasteiger partial charge in [0.2, 0.25) is 11.8 Å². The van der Waals surface area contributed by atoms with Gasteiger partial charge in [0.05, 0.1) is 82.2 Å². The number of carbonyl (C=O) groups excluding carboxylic acids is 10. The number of aliphatic imine (C=N–C) groups is 1. The van der Waals surface area contributed by atoms with Crippen molar-refractivity contribution in [3.63, 3.8) is 0 Å². The number of aliphatic carboxylic acids is 1. The summed E-state index contributed by atoms with van der Waals surface area (Å²) in [6, 6.07) is 5.22. The number of aromatic nitrogens is 4. The molecular formula is C71H101ClFN15O18S2. The fraction of sp³-hybridized carbons (Fsp3) is 0.620. The molecular weight excluding hydrogens is 1470 g/mol. The maximum atomic E-state index is 14.0. The fourth-order valence-corrected chi connectivity index (χ4v) is 15.6. The number of amides is 9. The van der Waals surface area contributed by atoms with E-state index in [0.717, 1.165) is 62.5 Å². The maximum Gasteiger partial charge on any atom is 0.407 e. The number of carboxylic acid groups (broad SMARTS) is 1. The van der Waals surface area contributed by atoms with Crippen LogP contribution in [-0.2, 0) is 75.3 Å². The van der Waals surface area contributed by atoms with Crippen LogP contribution in [0.1, 0.15) is 166 Å². The zero-order valence-corrected chi connectivity index (χ0v) is 63.7. The number of aliphatic hydroxyl groups is 1. The van der Waals surface area contributed by atoms with Crippen molar-refractivity contribution in [3.8, 4) is 0 Å². The van der Waals surface area contributed by atoms with Gasteiger partial charge < -0.3 is 87.1 Å². The Morgan fingerprint density at radius 1 is 0.759 bits per heavy atom. The number of fused-ring (bicyclic) bond motifs is 2. The number of imide groups is 1. The smallest absolute Gasteiger partial charge is 0.407 e. The Hall–Kier alpha value is -8.39. The molecule has 2 aromatic heterocycles. The molecule has 6 aliphatic heterocycles. The number of ketones is 2. The van der Waals surface area contributed by atoms with Gasteiger partial charge in [-0.05, 0) is 110 Å². The topological polar surface area (TPSA) is 456 Å². The summed E-state index contributed by atoms with van der Waals surface area (Å²) in [6.45, 7) is 8.10. The van der Waals surface area contributed by atoms with Gasteiger partial charge in [0.25, 0.3) is 11.8 Å². The van der Waals surface area contributed by atoms with Crippen LogP contribution in [0.4, 0.5) is 18.8 Å². The highest BCUT2D eigenvalue weighted by Gasteiger charge is 2.44. The van der Waals surface area contributed by atoms with Gasteiger partial charge >= 0.3 is 30.1 Å². The van der Waals surface area contributed by atoms with Crippen LogP contribution in [0.25, 0.3) is 0 Å². The number of unbranched alkanes of at least 4 members (excludes halogenated alkanes) is 5. The normalized spacial score (nSPS) is 20.4. The Labute approximate surface area is 639 Å². The van der Waals surface area contributed by atoms with Crippen LogP contribution in [0.3, 0.4) is 0 Å². The summed E-state index contributed by atoms with van der Waals surface area (Å²) in [5, 5.41) is 51.4. The maximum absolute atomic E-state index is 14.0. The van der Waals surface area contributed by atoms with E-state index in [4.69, 9.17) is 51.2 Å². The Kier molecular flexibility index (Phi) is 36.1. The molecule has 0 aliphatic carbocycles. The molecule has 0 spiro atoms. The number of carbonyl (C=O) groups is 11. The summed E-state index contributed by atoms with van der Waals surface area (Å²) in [5.74, 6) is -1.75. The van der Waals surface area contributed by atoms with Gasteiger partial charge in [-0.1, -0.05) is 48.6 Å². The lowest BCUT2D eigenvalue weighted by molar-refractivity contribution is -0.197. The number of amidine groups is 1. The average Bonchev–Trinajstić information content (AvgIpc) is 1.18. The summed E-state index contributed by atoms with van der Waals surface area (Å²) in [4.78, 5) is 143. The molecule has 108 heavy (non-hydrogen) atoms. The first-order valence-electron chi connectivity index (χ1n) is 36.4. The predicted molar refractivity (Wildman–Crippen MR) is 396 cm³/mol. The van der Waals surface area contributed by atoms with Crippen molar-refractivity contribution in [1.82, 2.24) is 67.6 Å². The summed E-state index contributed by atoms with van der Waals surface area (Å²) in [6.07, 6.45) is 14.8. The van der Waals surface area contributed by atoms with Crippen molar-refractivity contribution >= 4 is 106 Å². The van der Waals surface area contributed by atoms with Gasteiger partial charge in [0, 0.05) is 101 Å². The molecule has 3 aromatic rings. The Bertz CT molecular complexity index is 3600. The highest BCUT2D eigenvalue weighted by Crippen LogP contribution is 2.38. The molecule has 0 bridgehead atoms. The number of urea groups is 2. The first-order valence-corrected chi connectivity index (χ1v) is 38.9. The Balaban J connectivity index is 0.000000365. The third kappa shape index (κ3) is 29.5. The number of Topliss-reactive ketones (excluding diaryl/α,β-unsaturated/α-hetero) is 2. The van der Waals surface area contributed by atoms with Crippen LogP contribution in [-0.4, -0.2) is 223 Å². The lowest BCUT2D eigenvalue weighted by Gasteiger charge is -2.28. The van der Waals surface area contributed by atoms with Gasteiger partial charge in [0.15, 0.2) is 5.78 Å². The van der Waals surface area contributed by atoms with E-state index in [9.17, 15) is 62.2 Å². The first-order chi connectivity index (χ1) is 51.7. The number of halogens is 2. The largest absolute Gasteiger partial charge is 0.480 e. The number of pyridine rings is 1. The molecule has 9 rings (SSSR count). The van der Waals surface area contributed by atoms with Crippen molar-refractivity contribution in [2.75, 3.05) is 64.2 Å². The number of hydrogen-bond acceptors (Lipinski definition) is 25. The predicted octanol–water partition coefficient (Wildman–Crippen LogP) is 4.90. The average molecular weight is 1570 g/mol. The first kappa shape index (κ1) is 86.8. The molecule has 6 aliphatic rings. The highest BCUT2D eigenvalue weighted by molar-refractivity contribution is 8.00. The SMILES string of the molecule is CC(=O)CCCCC[C@@H](N)C(=O)O.CC(C)(C)OC(=O)NCCCC[C@@H](NC(=O)CCCC[C@@H]1SC[C@@H]2NC(=O)N[C@@H]21)C(=O)NCCOCCOCCn1cc(COCC2=C(C(=O)CO)C(c3ccc(F)cc3Cl)N=C(c3ccncc3)N2)nn1.O=C1N[C@H]2[C@H](CS[C@H]2CCCCC(=O)ON2C(=O)CCC2=O)N1. The number of thioether (sulfide) groups is 2. The molecule has 5 fully saturated rings. The van der Waals surface area contributed by atoms with Gasteiger partial charge in [-0.15, -0.1) is 10.2 Å². The number of benzene rings is 1. The summed E-state index contributed by atoms with van der Waals surface area (Å²) in [5.41, 5.74) is 6.70. The van der Waals surface area contributed by atoms with Crippen molar-refractivity contribution in [3.05, 3.63) is 87.9 Å². The van der Waals surface area contributed by atoms with Crippen molar-refractivity contribution in [2.24, 2.45) is 10.7 Å². The van der Waals surface area contributed by atoms with Crippen LogP contribution in [0, 0.1) is 5.82 Å². The number of hydrogen-bond donors (Lipinski definition) is 11. The molecule has 33 nitrogen and oxygen atoms in total. The number of nitrogens with two attached hydrogens (primary N) is 1. The van der Waals surface area contributed by atoms with E-state index >= 15 is 0 Å². The summed E-state index contributed by atoms with van der Waals surface area (Å²) >= 11 is 10.1. The van der Waals surface area contributed by atoms with Crippen molar-refractivity contribution < 1.29 is 91.1 Å². The minimum atomic E-state index is -0.962. The number of alkyl carbamates (subject to hydrolysis) is 1. The van der Waals surface area contributed by atoms with Crippen molar-refractivity contribution in [1.29, 1.82) is 0 Å². The second-order valence-corrected chi connectivity index (χ2v) is 30.4. The van der Waals surface area contributed by atoms with Crippen molar-refractivity contribution in [2.45, 2.75) is 215 Å². The Morgan fingerprint density at radius 3 is 2.03 bits per heavy atom. The van der Waals surface area contributed by atoms with E-state index in [2.05, 4.69) is 57.8 Å². The van der Waals surface area contributed by atoms with E-state index in [-0.39, 0.29) is 130 Å². The molecule has 0 radical (unpaired) electrons. The van der Waals surface area contributed by atoms with Gasteiger partial charge in [-0.2, -0.15) is 23.5 Å². The van der Waals surface area contributed by atoms with Crippen LogP contribution in [0.15, 0.2) is 65.2 Å². The molecule has 594 valence electrons. The summed E-state index contributed by atoms with van der Waals surface area (Å²) in [7, 11) is 0. The van der Waals surface area contributed by atoms with Crippen LogP contribution >= 0.6 is 35.1 Å². The summed E-state index contributed by atoms with van der Waals surface area (Å²) < 4.78 is 38.3. The molecule has 1 aromatic carbocycles. The van der Waals surface area contributed by atoms with Crippen LogP contribution in [0.2, 0.25) is 5.02 Å². The highest BCUT2D eigenvalue weighted by atomic mass is 35.5. The number of nitrogens with zero attached hydrogens (tertiary/aromatic N) is 6. The molecule has 1 unspecified atom stereocenters. The lowest BCUT2D eigenvalue weighted by atomic mass is 9.92. The molecule has 8 heterocycles. The van der Waals surface area contributed by atoms with E-state index in [1.165, 1.54) is 12.1 Å². The van der Waals surface area contributed by atoms with E-state index in [1.54, 1.807) is 63.1 Å². The molecule has 37 heteroatoms. The number of ether oxygens (including phenoxy) is 4. The fourth-order valence-electron chi connectivity index (χ4n) is 12.2. The standard InChI is InChI=1S/C48H65ClFN11O10S.C14H19N3O5S.C9H17NO3/c1-48(2,3)71-47(67)53-15-7-6-8-35(54-40(64)10-5-4-9-39-43-37(29-72-39)56-46(66)58-43)45(65)52-18-20-68-22-23-69-21-19-61-25-32(59-60-61)27-70-28-36-41(38(63)26-62)42(33-12-11-31(50)24-34(33)49)57-44(55-36)30-13-16-51-17-14-30;18-10-5-6-11(19)17(10)22-12(20)4-2-1-3-9-13-8(7-23-9)15-14(21)16-13;1-7(11)5-3-2-4-6-8(10)9(12)13/h11-14,16-17,24-25,35,37,39,42-43,62H,4-10,15,18-23,26-29H2,1-3H3,(H,52,65)(H,53,67)(H,54,64)(H,55,57)(H2,56,58,66);8-9,13H,1-7H2,(H2,15,16,21);8H,2-6,10H2,1H3,(H,12,13)/t35-,37+,39+,42?,43+;8-,9-,13-;8-/m101/s1. The van der Waals surface area contributed by atoms with E-state index in [0.29, 0.717) is 109 Å². The Morgan fingerprint density at radius 2 is 1.40 bits per heavy atom. The second-order valence-electron chi connectivity index (χ2n) is 27.4. The van der Waals surface area contributed by atoms with Gasteiger partial charge in [-0.25, -0.2) is 28.3 Å². The number of rotatable bonds is 42. The minimum Gasteiger partial charge on any atom is -0.480 e. The van der Waals surface area contributed by atoms with E-state index in [1.807, 2.05) is 23.5 Å². The molecule has 9 atom stereocenters. The third-order valence-electron chi connectivity index (χ3n) is 17.7. The zero-order chi connectivity index (χ0) is 78.1. The number of hydroxylamine groups is 2. The number of carboxylic acids is 1. The molecule has 9 amide bonds. The minimum absolute atomic E-state index is 0.0314. The van der Waals surface area contributed by atoms with Crippen LogP contribution in [0.5, 0.6) is 0 Å². The number of nitrogens with one attached hydrogen (secondary N) is 8. The lowest BCUT2D eigenvalue weighted by Crippen LogP contribution is -2.47. The third-order valence-corrected chi connectivity index (χ3v) is 21.0. The zero-order valence-electron chi connectivity index (χ0n) is 61.3. The molecule has 12 N–H and O–H groups in total. The van der Waals surface area contributed by atoms with Gasteiger partial charge in [-0.3, -0.25) is 38.7 Å².